The van der Waals surface area contributed by atoms with Crippen LogP contribution in [0.4, 0.5) is 0 Å². The van der Waals surface area contributed by atoms with Crippen molar-refractivity contribution >= 4 is 6.29 Å². The lowest BCUT2D eigenvalue weighted by Crippen LogP contribution is -1.96. The van der Waals surface area contributed by atoms with Crippen LogP contribution in [-0.4, -0.2) is 19.7 Å². The van der Waals surface area contributed by atoms with E-state index in [2.05, 4.69) is 6.58 Å². The normalized spacial score (nSPS) is 12.3. The van der Waals surface area contributed by atoms with Crippen molar-refractivity contribution in [3.05, 3.63) is 30.4 Å². The van der Waals surface area contributed by atoms with Gasteiger partial charge in [0.1, 0.15) is 12.4 Å². The van der Waals surface area contributed by atoms with Crippen molar-refractivity contribution in [2.75, 3.05) is 13.4 Å². The highest BCUT2D eigenvalue weighted by Gasteiger charge is 2.17. The van der Waals surface area contributed by atoms with E-state index in [1.807, 2.05) is 0 Å². The average Bonchev–Trinajstić information content (AvgIpc) is 2.71. The van der Waals surface area contributed by atoms with Crippen LogP contribution < -0.4 is 14.2 Å². The number of carbonyl (C=O) groups excluding carboxylic acids is 1. The topological polar surface area (TPSA) is 44.8 Å². The molecule has 4 nitrogen and oxygen atoms in total. The third kappa shape index (κ3) is 1.79. The van der Waals surface area contributed by atoms with E-state index in [0.29, 0.717) is 29.4 Å². The second-order valence-corrected chi connectivity index (χ2v) is 2.96. The summed E-state index contributed by atoms with van der Waals surface area (Å²) in [7, 11) is 0. The van der Waals surface area contributed by atoms with Gasteiger partial charge in [0.25, 0.3) is 0 Å². The van der Waals surface area contributed by atoms with E-state index >= 15 is 0 Å². The monoisotopic (exact) mass is 206 g/mol. The zero-order valence-electron chi connectivity index (χ0n) is 8.06. The Balaban J connectivity index is 2.35. The molecule has 0 amide bonds. The molecule has 78 valence electrons. The van der Waals surface area contributed by atoms with Crippen molar-refractivity contribution in [3.8, 4) is 17.2 Å². The minimum atomic E-state index is 0.179. The van der Waals surface area contributed by atoms with Crippen molar-refractivity contribution in [1.82, 2.24) is 0 Å². The summed E-state index contributed by atoms with van der Waals surface area (Å²) in [6, 6.07) is 3.25. The van der Waals surface area contributed by atoms with Gasteiger partial charge < -0.3 is 14.2 Å². The average molecular weight is 206 g/mol. The molecule has 15 heavy (non-hydrogen) atoms. The fourth-order valence-corrected chi connectivity index (χ4v) is 1.30. The van der Waals surface area contributed by atoms with Crippen molar-refractivity contribution < 1.29 is 19.0 Å². The molecule has 1 aliphatic heterocycles. The van der Waals surface area contributed by atoms with Gasteiger partial charge in [0, 0.05) is 6.07 Å². The molecule has 1 aliphatic rings. The van der Waals surface area contributed by atoms with Crippen LogP contribution >= 0.6 is 0 Å². The standard InChI is InChI=1S/C11H10O4/c1-2-3-13-9-5-11-10(14-7-15-11)4-8(9)6-12/h2,4-6H,1,3,7H2. The first-order chi connectivity index (χ1) is 7.35. The number of hydrogen-bond acceptors (Lipinski definition) is 4. The highest BCUT2D eigenvalue weighted by molar-refractivity contribution is 5.81. The minimum Gasteiger partial charge on any atom is -0.489 e. The van der Waals surface area contributed by atoms with Gasteiger partial charge in [-0.3, -0.25) is 4.79 Å². The minimum absolute atomic E-state index is 0.179. The molecule has 4 heteroatoms. The predicted molar refractivity (Wildman–Crippen MR) is 53.6 cm³/mol. The maximum atomic E-state index is 10.8. The fraction of sp³-hybridized carbons (Fsp3) is 0.182. The molecule has 1 aromatic rings. The van der Waals surface area contributed by atoms with Gasteiger partial charge in [0.2, 0.25) is 6.79 Å². The van der Waals surface area contributed by atoms with Crippen LogP contribution in [0.15, 0.2) is 24.8 Å². The zero-order valence-corrected chi connectivity index (χ0v) is 8.06. The van der Waals surface area contributed by atoms with Gasteiger partial charge in [0.05, 0.1) is 5.56 Å². The number of rotatable bonds is 4. The summed E-state index contributed by atoms with van der Waals surface area (Å²) in [4.78, 5) is 10.8. The van der Waals surface area contributed by atoms with Gasteiger partial charge in [-0.15, -0.1) is 0 Å². The number of fused-ring (bicyclic) bond motifs is 1. The smallest absolute Gasteiger partial charge is 0.231 e. The molecule has 0 atom stereocenters. The molecule has 0 saturated carbocycles. The number of aldehydes is 1. The SMILES string of the molecule is C=CCOc1cc2c(cc1C=O)OCO2. The maximum absolute atomic E-state index is 10.8. The molecule has 0 aliphatic carbocycles. The van der Waals surface area contributed by atoms with Crippen LogP contribution in [0.5, 0.6) is 17.2 Å². The molecule has 0 aromatic heterocycles. The number of benzene rings is 1. The first-order valence-corrected chi connectivity index (χ1v) is 4.47. The van der Waals surface area contributed by atoms with Gasteiger partial charge in [-0.25, -0.2) is 0 Å². The number of carbonyl (C=O) groups is 1. The summed E-state index contributed by atoms with van der Waals surface area (Å²) in [6.45, 7) is 4.06. The summed E-state index contributed by atoms with van der Waals surface area (Å²) in [5, 5.41) is 0. The second-order valence-electron chi connectivity index (χ2n) is 2.96. The fourth-order valence-electron chi connectivity index (χ4n) is 1.30. The lowest BCUT2D eigenvalue weighted by atomic mass is 10.2. The molecule has 0 saturated heterocycles. The van der Waals surface area contributed by atoms with Crippen LogP contribution in [0, 0.1) is 0 Å². The predicted octanol–water partition coefficient (Wildman–Crippen LogP) is 1.79. The Hall–Kier alpha value is -1.97. The van der Waals surface area contributed by atoms with Gasteiger partial charge in [-0.1, -0.05) is 12.7 Å². The third-order valence-corrected chi connectivity index (χ3v) is 1.99. The molecule has 0 N–H and O–H groups in total. The molecule has 0 fully saturated rings. The van der Waals surface area contributed by atoms with Crippen LogP contribution in [0.1, 0.15) is 10.4 Å². The molecule has 1 heterocycles. The Morgan fingerprint density at radius 1 is 1.40 bits per heavy atom. The van der Waals surface area contributed by atoms with Crippen LogP contribution in [0.3, 0.4) is 0 Å². The van der Waals surface area contributed by atoms with Crippen LogP contribution in [0.2, 0.25) is 0 Å². The highest BCUT2D eigenvalue weighted by Crippen LogP contribution is 2.37. The number of hydrogen-bond donors (Lipinski definition) is 0. The quantitative estimate of drug-likeness (QED) is 0.556. The van der Waals surface area contributed by atoms with Gasteiger partial charge in [-0.2, -0.15) is 0 Å². The molecular weight excluding hydrogens is 196 g/mol. The summed E-state index contributed by atoms with van der Waals surface area (Å²) >= 11 is 0. The van der Waals surface area contributed by atoms with E-state index < -0.39 is 0 Å². The van der Waals surface area contributed by atoms with E-state index in [0.717, 1.165) is 6.29 Å². The molecule has 2 rings (SSSR count). The van der Waals surface area contributed by atoms with E-state index in [-0.39, 0.29) is 6.79 Å². The van der Waals surface area contributed by atoms with Crippen molar-refractivity contribution in [3.63, 3.8) is 0 Å². The summed E-state index contributed by atoms with van der Waals surface area (Å²) in [5.74, 6) is 1.65. The first-order valence-electron chi connectivity index (χ1n) is 4.47. The largest absolute Gasteiger partial charge is 0.489 e. The molecule has 0 bridgehead atoms. The first kappa shape index (κ1) is 9.58. The third-order valence-electron chi connectivity index (χ3n) is 1.99. The summed E-state index contributed by atoms with van der Waals surface area (Å²) < 4.78 is 15.6. The van der Waals surface area contributed by atoms with Crippen molar-refractivity contribution in [2.24, 2.45) is 0 Å². The van der Waals surface area contributed by atoms with E-state index in [1.54, 1.807) is 18.2 Å². The molecular formula is C11H10O4. The van der Waals surface area contributed by atoms with E-state index in [1.165, 1.54) is 0 Å². The van der Waals surface area contributed by atoms with Crippen LogP contribution in [-0.2, 0) is 0 Å². The summed E-state index contributed by atoms with van der Waals surface area (Å²) in [5.41, 5.74) is 0.445. The molecule has 1 aromatic carbocycles. The van der Waals surface area contributed by atoms with Gasteiger partial charge in [0.15, 0.2) is 17.8 Å². The molecule has 0 unspecified atom stereocenters. The van der Waals surface area contributed by atoms with Crippen molar-refractivity contribution in [2.45, 2.75) is 0 Å². The van der Waals surface area contributed by atoms with E-state index in [9.17, 15) is 4.79 Å². The Morgan fingerprint density at radius 2 is 2.13 bits per heavy atom. The zero-order chi connectivity index (χ0) is 10.7. The Morgan fingerprint density at radius 3 is 2.80 bits per heavy atom. The van der Waals surface area contributed by atoms with Crippen molar-refractivity contribution in [1.29, 1.82) is 0 Å². The lowest BCUT2D eigenvalue weighted by Gasteiger charge is -2.06. The Bertz CT molecular complexity index is 398. The van der Waals surface area contributed by atoms with Gasteiger partial charge >= 0.3 is 0 Å². The highest BCUT2D eigenvalue weighted by atomic mass is 16.7. The second kappa shape index (κ2) is 4.04. The maximum Gasteiger partial charge on any atom is 0.231 e. The molecule has 0 radical (unpaired) electrons. The molecule has 0 spiro atoms. The number of ether oxygens (including phenoxy) is 3. The van der Waals surface area contributed by atoms with Gasteiger partial charge in [-0.05, 0) is 6.07 Å². The summed E-state index contributed by atoms with van der Waals surface area (Å²) in [6.07, 6.45) is 2.33. The Kier molecular flexibility index (Phi) is 2.58. The Labute approximate surface area is 87.1 Å². The van der Waals surface area contributed by atoms with E-state index in [4.69, 9.17) is 14.2 Å². The lowest BCUT2D eigenvalue weighted by molar-refractivity contribution is 0.111. The van der Waals surface area contributed by atoms with Crippen LogP contribution in [0.25, 0.3) is 0 Å².